The Morgan fingerprint density at radius 1 is 1.37 bits per heavy atom. The van der Waals surface area contributed by atoms with Gasteiger partial charge in [-0.15, -0.1) is 5.10 Å². The lowest BCUT2D eigenvalue weighted by Crippen LogP contribution is -1.95. The topological polar surface area (TPSA) is 63.8 Å². The average Bonchev–Trinajstić information content (AvgIpc) is 2.85. The quantitative estimate of drug-likeness (QED) is 0.766. The molecule has 19 heavy (non-hydrogen) atoms. The summed E-state index contributed by atoms with van der Waals surface area (Å²) in [5.74, 6) is -1.04. The number of fused-ring (bicyclic) bond motifs is 1. The van der Waals surface area contributed by atoms with Crippen molar-refractivity contribution < 1.29 is 9.50 Å². The summed E-state index contributed by atoms with van der Waals surface area (Å²) in [6.45, 7) is 2.72. The zero-order valence-electron chi connectivity index (χ0n) is 10.2. The van der Waals surface area contributed by atoms with Crippen LogP contribution in [-0.2, 0) is 6.54 Å². The first kappa shape index (κ1) is 11.6. The van der Waals surface area contributed by atoms with Gasteiger partial charge in [-0.1, -0.05) is 6.07 Å². The molecule has 1 N–H and O–H groups in total. The molecule has 2 heterocycles. The maximum atomic E-state index is 13.1. The monoisotopic (exact) mass is 258 g/mol. The van der Waals surface area contributed by atoms with Crippen molar-refractivity contribution in [1.82, 2.24) is 19.7 Å². The van der Waals surface area contributed by atoms with E-state index in [0.29, 0.717) is 22.3 Å². The van der Waals surface area contributed by atoms with Crippen molar-refractivity contribution >= 4 is 11.2 Å². The second kappa shape index (κ2) is 4.31. The van der Waals surface area contributed by atoms with Crippen LogP contribution < -0.4 is 0 Å². The molecule has 2 aromatic heterocycles. The first-order valence-electron chi connectivity index (χ1n) is 5.86. The number of hydrogen-bond acceptors (Lipinski definition) is 4. The van der Waals surface area contributed by atoms with Crippen LogP contribution in [0.25, 0.3) is 22.3 Å². The van der Waals surface area contributed by atoms with Gasteiger partial charge in [-0.3, -0.25) is 0 Å². The number of nitrogens with zero attached hydrogens (tertiary/aromatic N) is 4. The smallest absolute Gasteiger partial charge is 0.183 e. The fourth-order valence-electron chi connectivity index (χ4n) is 2.00. The number of phenolic OH excluding ortho intramolecular Hbond substituents is 1. The number of phenols is 1. The molecule has 0 saturated carbocycles. The van der Waals surface area contributed by atoms with Crippen LogP contribution in [-0.4, -0.2) is 24.9 Å². The number of imidazole rings is 1. The molecule has 0 fully saturated rings. The van der Waals surface area contributed by atoms with Crippen LogP contribution in [0.5, 0.6) is 5.75 Å². The third kappa shape index (κ3) is 1.81. The molecule has 0 saturated heterocycles. The number of aromatic hydroxyl groups is 1. The van der Waals surface area contributed by atoms with Crippen molar-refractivity contribution in [3.8, 4) is 16.9 Å². The van der Waals surface area contributed by atoms with Crippen molar-refractivity contribution in [2.75, 3.05) is 0 Å². The third-order valence-electron chi connectivity index (χ3n) is 3.00. The van der Waals surface area contributed by atoms with Crippen molar-refractivity contribution in [1.29, 1.82) is 0 Å². The molecule has 6 heteroatoms. The largest absolute Gasteiger partial charge is 0.505 e. The van der Waals surface area contributed by atoms with Gasteiger partial charge in [0.15, 0.2) is 17.2 Å². The molecule has 0 atom stereocenters. The van der Waals surface area contributed by atoms with E-state index in [4.69, 9.17) is 0 Å². The molecule has 3 rings (SSSR count). The van der Waals surface area contributed by atoms with Crippen molar-refractivity contribution in [2.24, 2.45) is 0 Å². The second-order valence-electron chi connectivity index (χ2n) is 4.13. The Morgan fingerprint density at radius 3 is 2.95 bits per heavy atom. The molecule has 3 aromatic rings. The Hall–Kier alpha value is -2.50. The van der Waals surface area contributed by atoms with Crippen LogP contribution in [0, 0.1) is 5.82 Å². The van der Waals surface area contributed by atoms with Crippen LogP contribution in [0.3, 0.4) is 0 Å². The lowest BCUT2D eigenvalue weighted by molar-refractivity contribution is 0.433. The maximum Gasteiger partial charge on any atom is 0.183 e. The second-order valence-corrected chi connectivity index (χ2v) is 4.13. The zero-order valence-corrected chi connectivity index (χ0v) is 10.2. The van der Waals surface area contributed by atoms with Crippen molar-refractivity contribution in [2.45, 2.75) is 13.5 Å². The van der Waals surface area contributed by atoms with E-state index in [1.165, 1.54) is 12.1 Å². The van der Waals surface area contributed by atoms with Crippen LogP contribution in [0.15, 0.2) is 30.7 Å². The summed E-state index contributed by atoms with van der Waals surface area (Å²) in [5, 5.41) is 17.4. The maximum absolute atomic E-state index is 13.1. The van der Waals surface area contributed by atoms with Gasteiger partial charge in [0.05, 0.1) is 12.5 Å². The lowest BCUT2D eigenvalue weighted by atomic mass is 10.1. The van der Waals surface area contributed by atoms with Crippen LogP contribution >= 0.6 is 0 Å². The van der Waals surface area contributed by atoms with Crippen molar-refractivity contribution in [3.05, 3.63) is 36.5 Å². The highest BCUT2D eigenvalue weighted by atomic mass is 19.1. The third-order valence-corrected chi connectivity index (χ3v) is 3.00. The van der Waals surface area contributed by atoms with Gasteiger partial charge in [0, 0.05) is 12.1 Å². The molecule has 0 spiro atoms. The highest BCUT2D eigenvalue weighted by molar-refractivity contribution is 5.89. The Labute approximate surface area is 108 Å². The van der Waals surface area contributed by atoms with Crippen LogP contribution in [0.4, 0.5) is 4.39 Å². The van der Waals surface area contributed by atoms with Crippen molar-refractivity contribution in [3.63, 3.8) is 0 Å². The van der Waals surface area contributed by atoms with E-state index in [1.807, 2.05) is 11.5 Å². The Morgan fingerprint density at radius 2 is 2.21 bits per heavy atom. The van der Waals surface area contributed by atoms with E-state index in [-0.39, 0.29) is 0 Å². The summed E-state index contributed by atoms with van der Waals surface area (Å²) < 4.78 is 15.0. The highest BCUT2D eigenvalue weighted by Crippen LogP contribution is 2.29. The van der Waals surface area contributed by atoms with E-state index in [0.717, 1.165) is 6.54 Å². The summed E-state index contributed by atoms with van der Waals surface area (Å²) in [4.78, 5) is 4.30. The number of hydrogen-bond donors (Lipinski definition) is 1. The van der Waals surface area contributed by atoms with E-state index < -0.39 is 11.6 Å². The molecule has 0 aliphatic rings. The number of aryl methyl sites for hydroxylation is 1. The predicted molar refractivity (Wildman–Crippen MR) is 68.1 cm³/mol. The molecule has 5 nitrogen and oxygen atoms in total. The molecule has 0 unspecified atom stereocenters. The number of rotatable bonds is 2. The van der Waals surface area contributed by atoms with Gasteiger partial charge >= 0.3 is 0 Å². The molecule has 96 valence electrons. The first-order chi connectivity index (χ1) is 9.20. The lowest BCUT2D eigenvalue weighted by Gasteiger charge is -2.04. The number of benzene rings is 1. The first-order valence-corrected chi connectivity index (χ1v) is 5.86. The normalized spacial score (nSPS) is 11.1. The average molecular weight is 258 g/mol. The molecule has 0 radical (unpaired) electrons. The van der Waals surface area contributed by atoms with E-state index in [9.17, 15) is 9.50 Å². The minimum atomic E-state index is -0.652. The number of halogens is 1. The highest BCUT2D eigenvalue weighted by Gasteiger charge is 2.12. The summed E-state index contributed by atoms with van der Waals surface area (Å²) in [6.07, 6.45) is 3.24. The summed E-state index contributed by atoms with van der Waals surface area (Å²) in [5.41, 5.74) is 2.72. The summed E-state index contributed by atoms with van der Waals surface area (Å²) in [7, 11) is 0. The molecular formula is C13H11FN4O. The molecule has 0 aliphatic heterocycles. The van der Waals surface area contributed by atoms with Gasteiger partial charge in [-0.05, 0) is 24.6 Å². The SMILES string of the molecule is CCn1cnc2c(-c3ccc(F)c(O)c3)cnnc21. The summed E-state index contributed by atoms with van der Waals surface area (Å²) in [6, 6.07) is 4.15. The molecule has 1 aromatic carbocycles. The minimum Gasteiger partial charge on any atom is -0.505 e. The van der Waals surface area contributed by atoms with E-state index in [1.54, 1.807) is 18.6 Å². The molecule has 0 bridgehead atoms. The predicted octanol–water partition coefficient (Wildman–Crippen LogP) is 2.36. The Kier molecular flexibility index (Phi) is 2.63. The van der Waals surface area contributed by atoms with Gasteiger partial charge in [0.25, 0.3) is 0 Å². The van der Waals surface area contributed by atoms with Crippen LogP contribution in [0.2, 0.25) is 0 Å². The number of aromatic nitrogens is 4. The molecular weight excluding hydrogens is 247 g/mol. The fourth-order valence-corrected chi connectivity index (χ4v) is 2.00. The van der Waals surface area contributed by atoms with Gasteiger partial charge in [-0.2, -0.15) is 5.10 Å². The zero-order chi connectivity index (χ0) is 13.4. The van der Waals surface area contributed by atoms with Gasteiger partial charge in [0.2, 0.25) is 0 Å². The Bertz CT molecular complexity index is 753. The molecule has 0 aliphatic carbocycles. The minimum absolute atomic E-state index is 0.391. The standard InChI is InChI=1S/C13H11FN4O/c1-2-18-7-15-12-9(6-16-17-13(12)18)8-3-4-10(14)11(19)5-8/h3-7,19H,2H2,1H3. The van der Waals surface area contributed by atoms with Crippen LogP contribution in [0.1, 0.15) is 6.92 Å². The van der Waals surface area contributed by atoms with Gasteiger partial charge < -0.3 is 9.67 Å². The van der Waals surface area contributed by atoms with E-state index >= 15 is 0 Å². The van der Waals surface area contributed by atoms with E-state index in [2.05, 4.69) is 15.2 Å². The molecule has 0 amide bonds. The summed E-state index contributed by atoms with van der Waals surface area (Å²) >= 11 is 0. The van der Waals surface area contributed by atoms with Gasteiger partial charge in [0.1, 0.15) is 5.52 Å². The van der Waals surface area contributed by atoms with Gasteiger partial charge in [-0.25, -0.2) is 9.37 Å². The fraction of sp³-hybridized carbons (Fsp3) is 0.154. The Balaban J connectivity index is 2.24.